The molecule has 0 amide bonds. The molecule has 2 aromatic rings. The summed E-state index contributed by atoms with van der Waals surface area (Å²) in [5.41, 5.74) is 2.68. The molecule has 0 aromatic heterocycles. The van der Waals surface area contributed by atoms with Crippen LogP contribution >= 0.6 is 11.8 Å². The van der Waals surface area contributed by atoms with E-state index in [0.717, 1.165) is 11.7 Å². The zero-order valence-corrected chi connectivity index (χ0v) is 12.0. The lowest BCUT2D eigenvalue weighted by Crippen LogP contribution is -1.96. The summed E-state index contributed by atoms with van der Waals surface area (Å²) >= 11 is 1.76. The van der Waals surface area contributed by atoms with E-state index in [-0.39, 0.29) is 0 Å². The van der Waals surface area contributed by atoms with E-state index >= 15 is 0 Å². The van der Waals surface area contributed by atoms with E-state index < -0.39 is 0 Å². The van der Waals surface area contributed by atoms with Gasteiger partial charge in [-0.3, -0.25) is 0 Å². The quantitative estimate of drug-likeness (QED) is 0.717. The predicted octanol–water partition coefficient (Wildman–Crippen LogP) is 4.86. The van der Waals surface area contributed by atoms with Crippen LogP contribution in [-0.4, -0.2) is 6.26 Å². The van der Waals surface area contributed by atoms with E-state index in [9.17, 15) is 0 Å². The van der Waals surface area contributed by atoms with Gasteiger partial charge in [-0.1, -0.05) is 36.4 Å². The highest BCUT2D eigenvalue weighted by molar-refractivity contribution is 7.98. The Bertz CT molecular complexity index is 546. The second kappa shape index (κ2) is 5.70. The molecular formula is C17H18OS. The molecule has 98 valence electrons. The number of hydrogen-bond donors (Lipinski definition) is 0. The van der Waals surface area contributed by atoms with Gasteiger partial charge in [-0.15, -0.1) is 11.8 Å². The molecule has 0 radical (unpaired) electrons. The van der Waals surface area contributed by atoms with Crippen LogP contribution in [0.3, 0.4) is 0 Å². The van der Waals surface area contributed by atoms with Crippen LogP contribution < -0.4 is 4.74 Å². The molecule has 0 N–H and O–H groups in total. The molecule has 0 unspecified atom stereocenters. The number of thioether (sulfide) groups is 1. The van der Waals surface area contributed by atoms with Gasteiger partial charge in [0.05, 0.1) is 0 Å². The molecule has 2 heteroatoms. The third kappa shape index (κ3) is 3.13. The van der Waals surface area contributed by atoms with Crippen LogP contribution in [0.5, 0.6) is 5.75 Å². The summed E-state index contributed by atoms with van der Waals surface area (Å²) in [7, 11) is 0. The summed E-state index contributed by atoms with van der Waals surface area (Å²) in [5.74, 6) is 1.80. The maximum absolute atomic E-state index is 5.95. The monoisotopic (exact) mass is 270 g/mol. The SMILES string of the molecule is CSc1cc(C2CC2)ccc1OCc1ccccc1. The van der Waals surface area contributed by atoms with Gasteiger partial charge in [0.25, 0.3) is 0 Å². The Morgan fingerprint density at radius 1 is 1.11 bits per heavy atom. The highest BCUT2D eigenvalue weighted by atomic mass is 32.2. The molecule has 1 aliphatic carbocycles. The molecule has 0 spiro atoms. The fraction of sp³-hybridized carbons (Fsp3) is 0.294. The molecule has 1 fully saturated rings. The molecule has 1 nitrogen and oxygen atoms in total. The van der Waals surface area contributed by atoms with E-state index in [4.69, 9.17) is 4.74 Å². The number of benzene rings is 2. The summed E-state index contributed by atoms with van der Waals surface area (Å²) in [6, 6.07) is 17.0. The molecule has 0 aliphatic heterocycles. The maximum atomic E-state index is 5.95. The van der Waals surface area contributed by atoms with Crippen molar-refractivity contribution in [2.45, 2.75) is 30.3 Å². The van der Waals surface area contributed by atoms with Crippen LogP contribution in [-0.2, 0) is 6.61 Å². The van der Waals surface area contributed by atoms with Crippen molar-refractivity contribution in [1.82, 2.24) is 0 Å². The van der Waals surface area contributed by atoms with Gasteiger partial charge in [-0.05, 0) is 48.3 Å². The average Bonchev–Trinajstić information content (AvgIpc) is 3.30. The minimum atomic E-state index is 0.636. The second-order valence-electron chi connectivity index (χ2n) is 4.96. The first-order chi connectivity index (χ1) is 9.36. The van der Waals surface area contributed by atoms with Crippen molar-refractivity contribution < 1.29 is 4.74 Å². The van der Waals surface area contributed by atoms with E-state index in [1.54, 1.807) is 11.8 Å². The zero-order chi connectivity index (χ0) is 13.1. The largest absolute Gasteiger partial charge is 0.488 e. The summed E-state index contributed by atoms with van der Waals surface area (Å²) in [5, 5.41) is 0. The Kier molecular flexibility index (Phi) is 3.79. The number of hydrogen-bond acceptors (Lipinski definition) is 2. The second-order valence-corrected chi connectivity index (χ2v) is 5.81. The van der Waals surface area contributed by atoms with Crippen LogP contribution in [0.25, 0.3) is 0 Å². The Morgan fingerprint density at radius 3 is 2.58 bits per heavy atom. The predicted molar refractivity (Wildman–Crippen MR) is 81.0 cm³/mol. The van der Waals surface area contributed by atoms with Crippen molar-refractivity contribution in [3.63, 3.8) is 0 Å². The van der Waals surface area contributed by atoms with Crippen molar-refractivity contribution in [1.29, 1.82) is 0 Å². The third-order valence-corrected chi connectivity index (χ3v) is 4.23. The first kappa shape index (κ1) is 12.6. The minimum absolute atomic E-state index is 0.636. The fourth-order valence-corrected chi connectivity index (χ4v) is 2.79. The molecule has 0 heterocycles. The van der Waals surface area contributed by atoms with Gasteiger partial charge < -0.3 is 4.74 Å². The van der Waals surface area contributed by atoms with Gasteiger partial charge in [-0.25, -0.2) is 0 Å². The average molecular weight is 270 g/mol. The standard InChI is InChI=1S/C17H18OS/c1-19-17-11-15(14-7-8-14)9-10-16(17)18-12-13-5-3-2-4-6-13/h2-6,9-11,14H,7-8,12H2,1H3. The van der Waals surface area contributed by atoms with Crippen LogP contribution in [0.15, 0.2) is 53.4 Å². The van der Waals surface area contributed by atoms with E-state index in [0.29, 0.717) is 6.61 Å². The first-order valence-electron chi connectivity index (χ1n) is 6.71. The van der Waals surface area contributed by atoms with Crippen LogP contribution in [0.1, 0.15) is 29.9 Å². The molecule has 1 aliphatic rings. The van der Waals surface area contributed by atoms with Crippen molar-refractivity contribution in [2.75, 3.05) is 6.26 Å². The molecule has 0 bridgehead atoms. The Morgan fingerprint density at radius 2 is 1.89 bits per heavy atom. The maximum Gasteiger partial charge on any atom is 0.133 e. The van der Waals surface area contributed by atoms with Gasteiger partial charge in [0.2, 0.25) is 0 Å². The normalized spacial score (nSPS) is 14.4. The minimum Gasteiger partial charge on any atom is -0.488 e. The number of rotatable bonds is 5. The Labute approximate surface area is 119 Å². The molecular weight excluding hydrogens is 252 g/mol. The van der Waals surface area contributed by atoms with Crippen LogP contribution in [0.4, 0.5) is 0 Å². The molecule has 19 heavy (non-hydrogen) atoms. The lowest BCUT2D eigenvalue weighted by molar-refractivity contribution is 0.299. The Balaban J connectivity index is 1.73. The highest BCUT2D eigenvalue weighted by Crippen LogP contribution is 2.42. The van der Waals surface area contributed by atoms with Crippen molar-refractivity contribution in [3.05, 3.63) is 59.7 Å². The fourth-order valence-electron chi connectivity index (χ4n) is 2.21. The van der Waals surface area contributed by atoms with E-state index in [1.165, 1.54) is 28.9 Å². The van der Waals surface area contributed by atoms with Gasteiger partial charge in [0.15, 0.2) is 0 Å². The topological polar surface area (TPSA) is 9.23 Å². The van der Waals surface area contributed by atoms with Crippen molar-refractivity contribution in [2.24, 2.45) is 0 Å². The van der Waals surface area contributed by atoms with Gasteiger partial charge in [-0.2, -0.15) is 0 Å². The van der Waals surface area contributed by atoms with Gasteiger partial charge in [0, 0.05) is 4.90 Å². The first-order valence-corrected chi connectivity index (χ1v) is 7.94. The summed E-state index contributed by atoms with van der Waals surface area (Å²) in [6.45, 7) is 0.636. The number of ether oxygens (including phenoxy) is 1. The smallest absolute Gasteiger partial charge is 0.133 e. The van der Waals surface area contributed by atoms with Crippen molar-refractivity contribution in [3.8, 4) is 5.75 Å². The Hall–Kier alpha value is -1.41. The van der Waals surface area contributed by atoms with Crippen molar-refractivity contribution >= 4 is 11.8 Å². The van der Waals surface area contributed by atoms with Gasteiger partial charge >= 0.3 is 0 Å². The summed E-state index contributed by atoms with van der Waals surface area (Å²) in [4.78, 5) is 1.25. The lowest BCUT2D eigenvalue weighted by atomic mass is 10.1. The highest BCUT2D eigenvalue weighted by Gasteiger charge is 2.24. The van der Waals surface area contributed by atoms with E-state index in [1.807, 2.05) is 18.2 Å². The molecule has 1 saturated carbocycles. The summed E-state index contributed by atoms with van der Waals surface area (Å²) in [6.07, 6.45) is 4.80. The molecule has 3 rings (SSSR count). The molecule has 0 saturated heterocycles. The van der Waals surface area contributed by atoms with Gasteiger partial charge in [0.1, 0.15) is 12.4 Å². The summed E-state index contributed by atoms with van der Waals surface area (Å²) < 4.78 is 5.95. The zero-order valence-electron chi connectivity index (χ0n) is 11.1. The molecule has 0 atom stereocenters. The molecule has 2 aromatic carbocycles. The lowest BCUT2D eigenvalue weighted by Gasteiger charge is -2.11. The van der Waals surface area contributed by atoms with Crippen LogP contribution in [0.2, 0.25) is 0 Å². The van der Waals surface area contributed by atoms with E-state index in [2.05, 4.69) is 36.6 Å². The van der Waals surface area contributed by atoms with Crippen LogP contribution in [0, 0.1) is 0 Å². The third-order valence-electron chi connectivity index (χ3n) is 3.47.